The van der Waals surface area contributed by atoms with Gasteiger partial charge >= 0.3 is 0 Å². The number of nitrogens with zero attached hydrogens (tertiary/aromatic N) is 1. The van der Waals surface area contributed by atoms with Crippen molar-refractivity contribution in [3.63, 3.8) is 0 Å². The van der Waals surface area contributed by atoms with Gasteiger partial charge in [-0.1, -0.05) is 25.4 Å². The Hall–Kier alpha value is -2.73. The lowest BCUT2D eigenvalue weighted by Crippen LogP contribution is -2.42. The number of halogens is 1. The zero-order valence-corrected chi connectivity index (χ0v) is 19.4. The minimum absolute atomic E-state index is 0.0346. The fourth-order valence-corrected chi connectivity index (χ4v) is 3.56. The van der Waals surface area contributed by atoms with Crippen molar-refractivity contribution < 1.29 is 19.1 Å². The summed E-state index contributed by atoms with van der Waals surface area (Å²) >= 11 is 6.05. The second-order valence-electron chi connectivity index (χ2n) is 8.79. The zero-order valence-electron chi connectivity index (χ0n) is 18.6. The van der Waals surface area contributed by atoms with Gasteiger partial charge in [-0.2, -0.15) is 0 Å². The van der Waals surface area contributed by atoms with Gasteiger partial charge in [0.25, 0.3) is 5.91 Å². The van der Waals surface area contributed by atoms with Crippen LogP contribution in [0.5, 0.6) is 11.5 Å². The molecule has 1 N–H and O–H groups in total. The van der Waals surface area contributed by atoms with Crippen LogP contribution in [0.2, 0.25) is 5.02 Å². The monoisotopic (exact) mass is 444 g/mol. The third-order valence-electron chi connectivity index (χ3n) is 5.26. The van der Waals surface area contributed by atoms with Crippen LogP contribution in [0, 0.1) is 11.3 Å². The molecule has 2 aromatic carbocycles. The molecule has 0 spiro atoms. The van der Waals surface area contributed by atoms with Gasteiger partial charge in [0, 0.05) is 23.3 Å². The van der Waals surface area contributed by atoms with Crippen LogP contribution in [0.15, 0.2) is 36.4 Å². The van der Waals surface area contributed by atoms with Gasteiger partial charge in [0.15, 0.2) is 0 Å². The molecule has 31 heavy (non-hydrogen) atoms. The van der Waals surface area contributed by atoms with E-state index in [2.05, 4.69) is 19.2 Å². The first-order valence-electron chi connectivity index (χ1n) is 10.4. The second-order valence-corrected chi connectivity index (χ2v) is 9.23. The van der Waals surface area contributed by atoms with Crippen molar-refractivity contribution in [2.75, 3.05) is 30.5 Å². The predicted octanol–water partition coefficient (Wildman–Crippen LogP) is 5.40. The maximum absolute atomic E-state index is 13.1. The zero-order chi connectivity index (χ0) is 22.8. The number of amides is 2. The van der Waals surface area contributed by atoms with Gasteiger partial charge in [-0.05, 0) is 56.5 Å². The lowest BCUT2D eigenvalue weighted by atomic mass is 9.92. The van der Waals surface area contributed by atoms with Crippen LogP contribution in [0.25, 0.3) is 0 Å². The van der Waals surface area contributed by atoms with Crippen molar-refractivity contribution in [2.45, 2.75) is 34.1 Å². The highest BCUT2D eigenvalue weighted by molar-refractivity contribution is 6.31. The topological polar surface area (TPSA) is 67.9 Å². The molecule has 6 nitrogen and oxygen atoms in total. The molecule has 0 fully saturated rings. The summed E-state index contributed by atoms with van der Waals surface area (Å²) in [5.74, 6) is 1.15. The average Bonchev–Trinajstić information content (AvgIpc) is 2.81. The molecule has 0 bridgehead atoms. The van der Waals surface area contributed by atoms with E-state index in [-0.39, 0.29) is 18.4 Å². The maximum atomic E-state index is 13.1. The van der Waals surface area contributed by atoms with Crippen LogP contribution in [0.4, 0.5) is 11.4 Å². The summed E-state index contributed by atoms with van der Waals surface area (Å²) < 4.78 is 11.3. The number of fused-ring (bicyclic) bond motifs is 1. The second kappa shape index (κ2) is 9.18. The van der Waals surface area contributed by atoms with Gasteiger partial charge in [-0.15, -0.1) is 0 Å². The molecule has 0 atom stereocenters. The minimum Gasteiger partial charge on any atom is -0.496 e. The smallest absolute Gasteiger partial charge is 0.259 e. The number of carbonyl (C=O) groups is 2. The fraction of sp³-hybridized carbons (Fsp3) is 0.417. The molecule has 0 aromatic heterocycles. The Kier molecular flexibility index (Phi) is 6.80. The number of anilines is 2. The van der Waals surface area contributed by atoms with Crippen molar-refractivity contribution >= 4 is 34.8 Å². The summed E-state index contributed by atoms with van der Waals surface area (Å²) in [4.78, 5) is 27.8. The number of hydrogen-bond donors (Lipinski definition) is 1. The average molecular weight is 445 g/mol. The molecule has 0 aliphatic carbocycles. The number of nitrogens with one attached hydrogen (secondary N) is 1. The largest absolute Gasteiger partial charge is 0.496 e. The van der Waals surface area contributed by atoms with Crippen LogP contribution in [-0.2, 0) is 4.79 Å². The normalized spacial score (nSPS) is 15.2. The standard InChI is InChI=1S/C24H29ClN2O4/c1-15(2)10-11-27-19-8-7-17(13-21(19)31-14-24(3,4)23(27)29)26-22(28)18-12-16(25)6-9-20(18)30-5/h6-9,12-13,15H,10-11,14H2,1-5H3,(H,26,28). The molecule has 1 aliphatic heterocycles. The summed E-state index contributed by atoms with van der Waals surface area (Å²) in [6.45, 7) is 8.91. The Morgan fingerprint density at radius 1 is 1.26 bits per heavy atom. The molecule has 2 amide bonds. The van der Waals surface area contributed by atoms with Gasteiger partial charge in [0.1, 0.15) is 18.1 Å². The van der Waals surface area contributed by atoms with E-state index < -0.39 is 5.41 Å². The van der Waals surface area contributed by atoms with Gasteiger partial charge in [-0.3, -0.25) is 9.59 Å². The van der Waals surface area contributed by atoms with Crippen LogP contribution in [0.3, 0.4) is 0 Å². The van der Waals surface area contributed by atoms with Crippen molar-refractivity contribution in [1.29, 1.82) is 0 Å². The molecule has 7 heteroatoms. The summed E-state index contributed by atoms with van der Waals surface area (Å²) in [5.41, 5.74) is 0.963. The van der Waals surface area contributed by atoms with E-state index in [1.54, 1.807) is 35.2 Å². The van der Waals surface area contributed by atoms with E-state index in [0.29, 0.717) is 40.2 Å². The van der Waals surface area contributed by atoms with Crippen LogP contribution in [0.1, 0.15) is 44.5 Å². The number of hydrogen-bond acceptors (Lipinski definition) is 4. The van der Waals surface area contributed by atoms with Crippen LogP contribution in [-0.4, -0.2) is 32.1 Å². The molecule has 166 valence electrons. The van der Waals surface area contributed by atoms with Crippen LogP contribution < -0.4 is 19.7 Å². The molecule has 0 unspecified atom stereocenters. The third-order valence-corrected chi connectivity index (χ3v) is 5.49. The Morgan fingerprint density at radius 3 is 2.68 bits per heavy atom. The van der Waals surface area contributed by atoms with Crippen molar-refractivity contribution in [2.24, 2.45) is 11.3 Å². The van der Waals surface area contributed by atoms with Gasteiger partial charge in [0.05, 0.1) is 23.8 Å². The van der Waals surface area contributed by atoms with E-state index in [1.807, 2.05) is 19.9 Å². The molecule has 3 rings (SSSR count). The minimum atomic E-state index is -0.645. The molecular weight excluding hydrogens is 416 g/mol. The molecular formula is C24H29ClN2O4. The highest BCUT2D eigenvalue weighted by Gasteiger charge is 2.37. The maximum Gasteiger partial charge on any atom is 0.259 e. The molecule has 2 aromatic rings. The number of carbonyl (C=O) groups excluding carboxylic acids is 2. The first-order chi connectivity index (χ1) is 14.6. The van der Waals surface area contributed by atoms with Gasteiger partial charge < -0.3 is 19.7 Å². The van der Waals surface area contributed by atoms with E-state index in [1.165, 1.54) is 7.11 Å². The Morgan fingerprint density at radius 2 is 2.00 bits per heavy atom. The first kappa shape index (κ1) is 22.9. The molecule has 0 radical (unpaired) electrons. The van der Waals surface area contributed by atoms with E-state index >= 15 is 0 Å². The molecule has 0 saturated carbocycles. The molecule has 0 saturated heterocycles. The summed E-state index contributed by atoms with van der Waals surface area (Å²) in [6, 6.07) is 10.2. The van der Waals surface area contributed by atoms with Crippen molar-refractivity contribution in [3.05, 3.63) is 47.0 Å². The lowest BCUT2D eigenvalue weighted by molar-refractivity contribution is -0.127. The fourth-order valence-electron chi connectivity index (χ4n) is 3.39. The third kappa shape index (κ3) is 5.13. The molecule has 1 heterocycles. The van der Waals surface area contributed by atoms with Crippen molar-refractivity contribution in [1.82, 2.24) is 0 Å². The van der Waals surface area contributed by atoms with Crippen LogP contribution >= 0.6 is 11.6 Å². The Labute approximate surface area is 188 Å². The van der Waals surface area contributed by atoms with E-state index in [4.69, 9.17) is 21.1 Å². The number of methoxy groups -OCH3 is 1. The lowest BCUT2D eigenvalue weighted by Gasteiger charge is -2.28. The predicted molar refractivity (Wildman–Crippen MR) is 123 cm³/mol. The summed E-state index contributed by atoms with van der Waals surface area (Å²) in [7, 11) is 1.50. The van der Waals surface area contributed by atoms with E-state index in [0.717, 1.165) is 12.1 Å². The molecule has 1 aliphatic rings. The SMILES string of the molecule is COc1ccc(Cl)cc1C(=O)Nc1ccc2c(c1)OCC(C)(C)C(=O)N2CCC(C)C. The summed E-state index contributed by atoms with van der Waals surface area (Å²) in [5, 5.41) is 3.31. The summed E-state index contributed by atoms with van der Waals surface area (Å²) in [6.07, 6.45) is 0.883. The number of ether oxygens (including phenoxy) is 2. The number of benzene rings is 2. The number of rotatable bonds is 6. The highest BCUT2D eigenvalue weighted by Crippen LogP contribution is 2.38. The van der Waals surface area contributed by atoms with Gasteiger partial charge in [-0.25, -0.2) is 0 Å². The quantitative estimate of drug-likeness (QED) is 0.647. The first-order valence-corrected chi connectivity index (χ1v) is 10.7. The Balaban J connectivity index is 1.90. The van der Waals surface area contributed by atoms with Gasteiger partial charge in [0.2, 0.25) is 5.91 Å². The van der Waals surface area contributed by atoms with E-state index in [9.17, 15) is 9.59 Å². The Bertz CT molecular complexity index is 988. The van der Waals surface area contributed by atoms with Crippen molar-refractivity contribution in [3.8, 4) is 11.5 Å². The highest BCUT2D eigenvalue weighted by atomic mass is 35.5.